The van der Waals surface area contributed by atoms with Gasteiger partial charge in [0.25, 0.3) is 0 Å². The van der Waals surface area contributed by atoms with Crippen LogP contribution in [-0.4, -0.2) is 5.11 Å². The Balaban J connectivity index is 2.41. The maximum atomic E-state index is 10.1. The average molecular weight is 250 g/mol. The number of aromatic hydroxyl groups is 1. The van der Waals surface area contributed by atoms with Crippen molar-refractivity contribution < 1.29 is 5.11 Å². The molecule has 0 saturated heterocycles. The Morgan fingerprint density at radius 2 is 1.61 bits per heavy atom. The lowest BCUT2D eigenvalue weighted by Gasteiger charge is -2.07. The first-order chi connectivity index (χ1) is 8.84. The Bertz CT molecular complexity index is 889. The van der Waals surface area contributed by atoms with Crippen molar-refractivity contribution in [1.29, 1.82) is 0 Å². The minimum atomic E-state index is 0.356. The standard InChI is InChI=1S/C16H10OS/c17-14-9-11-6-5-10-7-8-18-16(10)15(11)13-4-2-1-3-12(13)14/h1-9,17H. The largest absolute Gasteiger partial charge is 0.507 e. The highest BCUT2D eigenvalue weighted by Crippen LogP contribution is 2.38. The molecule has 0 bridgehead atoms. The summed E-state index contributed by atoms with van der Waals surface area (Å²) in [5.74, 6) is 0.356. The van der Waals surface area contributed by atoms with Gasteiger partial charge in [0, 0.05) is 15.5 Å². The second-order valence-electron chi connectivity index (χ2n) is 4.44. The van der Waals surface area contributed by atoms with Crippen LogP contribution in [0.2, 0.25) is 0 Å². The smallest absolute Gasteiger partial charge is 0.124 e. The number of thiophene rings is 1. The van der Waals surface area contributed by atoms with E-state index in [-0.39, 0.29) is 0 Å². The summed E-state index contributed by atoms with van der Waals surface area (Å²) in [5, 5.41) is 17.9. The van der Waals surface area contributed by atoms with E-state index in [1.54, 1.807) is 11.3 Å². The van der Waals surface area contributed by atoms with Gasteiger partial charge in [-0.3, -0.25) is 0 Å². The fourth-order valence-corrected chi connectivity index (χ4v) is 3.56. The number of benzene rings is 3. The summed E-state index contributed by atoms with van der Waals surface area (Å²) in [6.07, 6.45) is 0. The number of phenolic OH excluding ortho intramolecular Hbond substituents is 1. The molecule has 0 atom stereocenters. The number of phenols is 1. The molecular formula is C16H10OS. The molecule has 1 nitrogen and oxygen atoms in total. The molecule has 0 unspecified atom stereocenters. The van der Waals surface area contributed by atoms with Gasteiger partial charge in [0.05, 0.1) is 0 Å². The van der Waals surface area contributed by atoms with Crippen molar-refractivity contribution in [2.45, 2.75) is 0 Å². The molecule has 0 saturated carbocycles. The van der Waals surface area contributed by atoms with Crippen molar-refractivity contribution in [3.05, 3.63) is 53.9 Å². The van der Waals surface area contributed by atoms with Crippen molar-refractivity contribution >= 4 is 43.0 Å². The molecule has 0 aliphatic carbocycles. The predicted molar refractivity (Wildman–Crippen MR) is 78.5 cm³/mol. The lowest BCUT2D eigenvalue weighted by molar-refractivity contribution is 0.482. The molecule has 1 aromatic heterocycles. The minimum absolute atomic E-state index is 0.356. The van der Waals surface area contributed by atoms with Gasteiger partial charge < -0.3 is 5.11 Å². The number of fused-ring (bicyclic) bond motifs is 5. The quantitative estimate of drug-likeness (QED) is 0.439. The lowest BCUT2D eigenvalue weighted by Crippen LogP contribution is -1.79. The summed E-state index contributed by atoms with van der Waals surface area (Å²) < 4.78 is 1.30. The molecule has 4 aromatic rings. The molecule has 0 aliphatic rings. The molecule has 1 heterocycles. The molecule has 4 rings (SSSR count). The van der Waals surface area contributed by atoms with Crippen LogP contribution in [0.25, 0.3) is 31.6 Å². The number of rotatable bonds is 0. The first-order valence-corrected chi connectivity index (χ1v) is 6.73. The first-order valence-electron chi connectivity index (χ1n) is 5.85. The highest BCUT2D eigenvalue weighted by Gasteiger charge is 2.09. The van der Waals surface area contributed by atoms with Crippen LogP contribution in [0.5, 0.6) is 5.75 Å². The summed E-state index contributed by atoms with van der Waals surface area (Å²) in [5.41, 5.74) is 0. The number of hydrogen-bond acceptors (Lipinski definition) is 2. The van der Waals surface area contributed by atoms with Crippen LogP contribution in [0, 0.1) is 0 Å². The van der Waals surface area contributed by atoms with Crippen LogP contribution in [-0.2, 0) is 0 Å². The molecule has 0 fully saturated rings. The van der Waals surface area contributed by atoms with Crippen LogP contribution in [0.3, 0.4) is 0 Å². The first kappa shape index (κ1) is 9.92. The highest BCUT2D eigenvalue weighted by atomic mass is 32.1. The van der Waals surface area contributed by atoms with Gasteiger partial charge in [-0.1, -0.05) is 36.4 Å². The molecule has 2 heteroatoms. The van der Waals surface area contributed by atoms with E-state index < -0.39 is 0 Å². The van der Waals surface area contributed by atoms with Crippen molar-refractivity contribution in [1.82, 2.24) is 0 Å². The van der Waals surface area contributed by atoms with E-state index in [0.29, 0.717) is 5.75 Å². The van der Waals surface area contributed by atoms with Gasteiger partial charge in [0.15, 0.2) is 0 Å². The Hall–Kier alpha value is -2.06. The lowest BCUT2D eigenvalue weighted by atomic mass is 10.00. The van der Waals surface area contributed by atoms with E-state index >= 15 is 0 Å². The third-order valence-corrected chi connectivity index (χ3v) is 4.37. The molecular weight excluding hydrogens is 240 g/mol. The van der Waals surface area contributed by atoms with Crippen LogP contribution in [0.4, 0.5) is 0 Å². The van der Waals surface area contributed by atoms with E-state index in [2.05, 4.69) is 29.6 Å². The highest BCUT2D eigenvalue weighted by molar-refractivity contribution is 7.18. The second-order valence-corrected chi connectivity index (χ2v) is 5.36. The van der Waals surface area contributed by atoms with Crippen LogP contribution >= 0.6 is 11.3 Å². The van der Waals surface area contributed by atoms with E-state index in [9.17, 15) is 5.11 Å². The van der Waals surface area contributed by atoms with Gasteiger partial charge in [0.2, 0.25) is 0 Å². The van der Waals surface area contributed by atoms with Gasteiger partial charge in [-0.05, 0) is 33.7 Å². The van der Waals surface area contributed by atoms with E-state index in [0.717, 1.165) is 16.2 Å². The summed E-state index contributed by atoms with van der Waals surface area (Å²) >= 11 is 1.76. The van der Waals surface area contributed by atoms with Gasteiger partial charge in [-0.25, -0.2) is 0 Å². The van der Waals surface area contributed by atoms with Crippen molar-refractivity contribution in [3.63, 3.8) is 0 Å². The topological polar surface area (TPSA) is 20.2 Å². The summed E-state index contributed by atoms with van der Waals surface area (Å²) in [6, 6.07) is 16.2. The van der Waals surface area contributed by atoms with Gasteiger partial charge in [-0.2, -0.15) is 0 Å². The maximum absolute atomic E-state index is 10.1. The second kappa shape index (κ2) is 3.47. The third kappa shape index (κ3) is 1.21. The number of hydrogen-bond donors (Lipinski definition) is 1. The minimum Gasteiger partial charge on any atom is -0.507 e. The molecule has 1 N–H and O–H groups in total. The average Bonchev–Trinajstić information content (AvgIpc) is 2.87. The monoisotopic (exact) mass is 250 g/mol. The van der Waals surface area contributed by atoms with Crippen molar-refractivity contribution in [3.8, 4) is 5.75 Å². The predicted octanol–water partition coefficient (Wildman–Crippen LogP) is 4.91. The van der Waals surface area contributed by atoms with E-state index in [1.807, 2.05) is 24.3 Å². The van der Waals surface area contributed by atoms with Gasteiger partial charge in [-0.15, -0.1) is 11.3 Å². The van der Waals surface area contributed by atoms with Crippen LogP contribution < -0.4 is 0 Å². The van der Waals surface area contributed by atoms with Crippen molar-refractivity contribution in [2.24, 2.45) is 0 Å². The molecule has 0 amide bonds. The zero-order valence-corrected chi connectivity index (χ0v) is 10.4. The van der Waals surface area contributed by atoms with Gasteiger partial charge >= 0.3 is 0 Å². The molecule has 0 radical (unpaired) electrons. The van der Waals surface area contributed by atoms with E-state index in [4.69, 9.17) is 0 Å². The summed E-state index contributed by atoms with van der Waals surface area (Å²) in [6.45, 7) is 0. The Kier molecular flexibility index (Phi) is 1.91. The Morgan fingerprint density at radius 3 is 2.50 bits per heavy atom. The van der Waals surface area contributed by atoms with Crippen LogP contribution in [0.15, 0.2) is 53.9 Å². The SMILES string of the molecule is Oc1cc2ccc3ccsc3c2c2ccccc12. The fourth-order valence-electron chi connectivity index (χ4n) is 2.60. The van der Waals surface area contributed by atoms with E-state index in [1.165, 1.54) is 15.5 Å². The molecule has 18 heavy (non-hydrogen) atoms. The zero-order valence-electron chi connectivity index (χ0n) is 9.55. The summed E-state index contributed by atoms with van der Waals surface area (Å²) in [4.78, 5) is 0. The maximum Gasteiger partial charge on any atom is 0.124 e. The molecule has 3 aromatic carbocycles. The molecule has 0 spiro atoms. The molecule has 0 aliphatic heterocycles. The fraction of sp³-hybridized carbons (Fsp3) is 0. The van der Waals surface area contributed by atoms with Crippen molar-refractivity contribution in [2.75, 3.05) is 0 Å². The zero-order chi connectivity index (χ0) is 12.1. The Labute approximate surface area is 108 Å². The van der Waals surface area contributed by atoms with Crippen LogP contribution in [0.1, 0.15) is 0 Å². The third-order valence-electron chi connectivity index (χ3n) is 3.42. The normalized spacial score (nSPS) is 11.6. The summed E-state index contributed by atoms with van der Waals surface area (Å²) in [7, 11) is 0. The Morgan fingerprint density at radius 1 is 0.833 bits per heavy atom. The van der Waals surface area contributed by atoms with Gasteiger partial charge in [0.1, 0.15) is 5.75 Å². The molecule has 86 valence electrons.